The summed E-state index contributed by atoms with van der Waals surface area (Å²) in [6.45, 7) is -0.244. The minimum absolute atomic E-state index is 0.0279. The van der Waals surface area contributed by atoms with Gasteiger partial charge >= 0.3 is 0 Å². The van der Waals surface area contributed by atoms with E-state index >= 15 is 0 Å². The van der Waals surface area contributed by atoms with E-state index in [9.17, 15) is 23.7 Å². The highest BCUT2D eigenvalue weighted by Crippen LogP contribution is 2.30. The molecule has 35 heavy (non-hydrogen) atoms. The number of carbonyl (C=O) groups is 1. The van der Waals surface area contributed by atoms with E-state index in [4.69, 9.17) is 21.1 Å². The van der Waals surface area contributed by atoms with E-state index in [1.807, 2.05) is 0 Å². The van der Waals surface area contributed by atoms with Crippen LogP contribution in [0.25, 0.3) is 0 Å². The highest BCUT2D eigenvalue weighted by Gasteiger charge is 2.16. The Morgan fingerprint density at radius 1 is 1.06 bits per heavy atom. The van der Waals surface area contributed by atoms with Crippen LogP contribution < -0.4 is 14.8 Å². The van der Waals surface area contributed by atoms with Crippen molar-refractivity contribution in [3.05, 3.63) is 105 Å². The third-order valence-corrected chi connectivity index (χ3v) is 4.78. The molecule has 12 heteroatoms. The van der Waals surface area contributed by atoms with Gasteiger partial charge < -0.3 is 14.8 Å². The molecule has 9 nitrogen and oxygen atoms in total. The summed E-state index contributed by atoms with van der Waals surface area (Å²) in [5.74, 6) is -1.94. The minimum atomic E-state index is -0.877. The number of carbonyl (C=O) groups excluding carboxylic acids is 1. The second-order valence-electron chi connectivity index (χ2n) is 7.07. The molecule has 0 fully saturated rings. The number of non-ortho nitro benzene ring substituents is 1. The highest BCUT2D eigenvalue weighted by atomic mass is 35.5. The summed E-state index contributed by atoms with van der Waals surface area (Å²) in [7, 11) is 0. The van der Waals surface area contributed by atoms with Gasteiger partial charge in [-0.2, -0.15) is 5.10 Å². The Labute approximate surface area is 201 Å². The molecule has 0 saturated heterocycles. The zero-order chi connectivity index (χ0) is 24.9. The van der Waals surface area contributed by atoms with Gasteiger partial charge in [-0.3, -0.25) is 14.9 Å². The van der Waals surface area contributed by atoms with Crippen molar-refractivity contribution in [1.29, 1.82) is 0 Å². The van der Waals surface area contributed by atoms with Gasteiger partial charge in [0.05, 0.1) is 16.7 Å². The molecular formula is C23H15ClF2N4O5. The molecule has 1 aromatic heterocycles. The van der Waals surface area contributed by atoms with Gasteiger partial charge in [-0.1, -0.05) is 11.6 Å². The molecule has 3 aromatic carbocycles. The van der Waals surface area contributed by atoms with E-state index in [2.05, 4.69) is 10.4 Å². The predicted molar refractivity (Wildman–Crippen MR) is 122 cm³/mol. The van der Waals surface area contributed by atoms with Gasteiger partial charge in [-0.15, -0.1) is 0 Å². The van der Waals surface area contributed by atoms with Crippen molar-refractivity contribution in [1.82, 2.24) is 9.78 Å². The molecular weight excluding hydrogens is 486 g/mol. The molecule has 0 aliphatic carbocycles. The Bertz CT molecular complexity index is 1400. The minimum Gasteiger partial charge on any atom is -0.468 e. The van der Waals surface area contributed by atoms with Crippen LogP contribution in [0.5, 0.6) is 17.2 Å². The van der Waals surface area contributed by atoms with Crippen molar-refractivity contribution in [3.8, 4) is 17.2 Å². The van der Waals surface area contributed by atoms with Crippen LogP contribution in [0.1, 0.15) is 10.5 Å². The van der Waals surface area contributed by atoms with Crippen molar-refractivity contribution in [3.63, 3.8) is 0 Å². The molecule has 4 rings (SSSR count). The quantitative estimate of drug-likeness (QED) is 0.242. The fourth-order valence-electron chi connectivity index (χ4n) is 2.94. The summed E-state index contributed by atoms with van der Waals surface area (Å²) >= 11 is 5.85. The number of nitrogens with one attached hydrogen (secondary N) is 1. The molecule has 0 saturated carbocycles. The van der Waals surface area contributed by atoms with E-state index < -0.39 is 22.5 Å². The van der Waals surface area contributed by atoms with Gasteiger partial charge in [0.15, 0.2) is 24.0 Å². The van der Waals surface area contributed by atoms with Crippen molar-refractivity contribution >= 4 is 28.9 Å². The lowest BCUT2D eigenvalue weighted by Gasteiger charge is -2.09. The van der Waals surface area contributed by atoms with Crippen molar-refractivity contribution in [2.75, 3.05) is 5.32 Å². The van der Waals surface area contributed by atoms with Gasteiger partial charge in [0, 0.05) is 29.4 Å². The number of hydrogen-bond acceptors (Lipinski definition) is 6. The average Bonchev–Trinajstić information content (AvgIpc) is 3.29. The molecule has 0 aliphatic heterocycles. The summed E-state index contributed by atoms with van der Waals surface area (Å²) in [5, 5.41) is 18.4. The predicted octanol–water partition coefficient (Wildman–Crippen LogP) is 5.80. The average molecular weight is 501 g/mol. The van der Waals surface area contributed by atoms with E-state index in [1.54, 1.807) is 24.3 Å². The lowest BCUT2D eigenvalue weighted by atomic mass is 10.2. The van der Waals surface area contributed by atoms with E-state index in [1.165, 1.54) is 35.1 Å². The first-order valence-corrected chi connectivity index (χ1v) is 10.3. The number of aromatic nitrogens is 2. The topological polar surface area (TPSA) is 109 Å². The fraction of sp³-hybridized carbons (Fsp3) is 0.0435. The molecule has 0 unspecified atom stereocenters. The Balaban J connectivity index is 1.46. The number of hydrogen-bond donors (Lipinski definition) is 1. The Morgan fingerprint density at radius 2 is 1.83 bits per heavy atom. The molecule has 4 aromatic rings. The summed E-state index contributed by atoms with van der Waals surface area (Å²) in [5.41, 5.74) is -0.223. The number of benzene rings is 3. The van der Waals surface area contributed by atoms with E-state index in [0.29, 0.717) is 16.8 Å². The van der Waals surface area contributed by atoms with Crippen LogP contribution in [0.3, 0.4) is 0 Å². The van der Waals surface area contributed by atoms with Crippen molar-refractivity contribution < 1.29 is 28.0 Å². The standard InChI is InChI=1S/C23H15ClF2N4O5/c24-14-1-4-18(5-2-14)35-19-11-16(10-17(12-19)30(32)33)27-23(31)21-7-8-29(28-21)13-34-22-6-3-15(25)9-20(22)26/h1-12H,13H2,(H,27,31). The second-order valence-corrected chi connectivity index (χ2v) is 7.51. The van der Waals surface area contributed by atoms with Crippen molar-refractivity contribution in [2.45, 2.75) is 6.73 Å². The molecule has 1 N–H and O–H groups in total. The molecule has 1 heterocycles. The van der Waals surface area contributed by atoms with Gasteiger partial charge in [-0.05, 0) is 42.5 Å². The van der Waals surface area contributed by atoms with Crippen LogP contribution in [0.4, 0.5) is 20.2 Å². The fourth-order valence-corrected chi connectivity index (χ4v) is 3.06. The SMILES string of the molecule is O=C(Nc1cc(Oc2ccc(Cl)cc2)cc([N+](=O)[O-])c1)c1ccn(COc2ccc(F)cc2F)n1. The Hall–Kier alpha value is -4.51. The highest BCUT2D eigenvalue weighted by molar-refractivity contribution is 6.30. The van der Waals surface area contributed by atoms with Gasteiger partial charge in [0.1, 0.15) is 17.3 Å². The van der Waals surface area contributed by atoms with E-state index in [0.717, 1.165) is 12.1 Å². The number of amides is 1. The lowest BCUT2D eigenvalue weighted by molar-refractivity contribution is -0.384. The van der Waals surface area contributed by atoms with Crippen LogP contribution in [-0.2, 0) is 6.73 Å². The van der Waals surface area contributed by atoms with Gasteiger partial charge in [0.25, 0.3) is 11.6 Å². The maximum atomic E-state index is 13.7. The Morgan fingerprint density at radius 3 is 2.54 bits per heavy atom. The number of anilines is 1. The van der Waals surface area contributed by atoms with E-state index in [-0.39, 0.29) is 35.3 Å². The van der Waals surface area contributed by atoms with Gasteiger partial charge in [0.2, 0.25) is 0 Å². The number of nitro groups is 1. The molecule has 0 spiro atoms. The number of ether oxygens (including phenoxy) is 2. The summed E-state index contributed by atoms with van der Waals surface area (Å²) in [6.07, 6.45) is 1.42. The maximum Gasteiger partial charge on any atom is 0.276 e. The summed E-state index contributed by atoms with van der Waals surface area (Å²) < 4.78 is 38.8. The van der Waals surface area contributed by atoms with Crippen LogP contribution in [0, 0.1) is 21.7 Å². The smallest absolute Gasteiger partial charge is 0.276 e. The molecule has 0 radical (unpaired) electrons. The number of rotatable bonds is 8. The van der Waals surface area contributed by atoms with Crippen LogP contribution in [-0.4, -0.2) is 20.6 Å². The molecule has 0 atom stereocenters. The number of nitrogens with zero attached hydrogens (tertiary/aromatic N) is 3. The summed E-state index contributed by atoms with van der Waals surface area (Å²) in [4.78, 5) is 23.3. The lowest BCUT2D eigenvalue weighted by Crippen LogP contribution is -2.14. The third kappa shape index (κ3) is 6.09. The molecule has 1 amide bonds. The third-order valence-electron chi connectivity index (χ3n) is 4.53. The maximum absolute atomic E-state index is 13.7. The van der Waals surface area contributed by atoms with Crippen LogP contribution in [0.15, 0.2) is 72.9 Å². The van der Waals surface area contributed by atoms with Crippen LogP contribution in [0.2, 0.25) is 5.02 Å². The molecule has 0 bridgehead atoms. The second kappa shape index (κ2) is 10.2. The monoisotopic (exact) mass is 500 g/mol. The number of halogens is 3. The zero-order valence-electron chi connectivity index (χ0n) is 17.7. The van der Waals surface area contributed by atoms with Crippen LogP contribution >= 0.6 is 11.6 Å². The number of nitro benzene ring substituents is 1. The Kier molecular flexibility index (Phi) is 6.88. The first kappa shape index (κ1) is 23.6. The zero-order valence-corrected chi connectivity index (χ0v) is 18.4. The van der Waals surface area contributed by atoms with Crippen molar-refractivity contribution in [2.24, 2.45) is 0 Å². The molecule has 178 valence electrons. The first-order chi connectivity index (χ1) is 16.8. The molecule has 0 aliphatic rings. The largest absolute Gasteiger partial charge is 0.468 e. The summed E-state index contributed by atoms with van der Waals surface area (Å²) in [6, 6.07) is 14.4. The normalized spacial score (nSPS) is 10.6. The first-order valence-electron chi connectivity index (χ1n) is 9.92. The van der Waals surface area contributed by atoms with Gasteiger partial charge in [-0.25, -0.2) is 13.5 Å².